The maximum absolute atomic E-state index is 11.6. The zero-order valence-corrected chi connectivity index (χ0v) is 28.2. The number of hydrogen-bond acceptors (Lipinski definition) is 11. The van der Waals surface area contributed by atoms with Crippen LogP contribution < -0.4 is 17.2 Å². The summed E-state index contributed by atoms with van der Waals surface area (Å²) < 4.78 is 26.0. The van der Waals surface area contributed by atoms with Gasteiger partial charge in [0, 0.05) is 6.04 Å². The van der Waals surface area contributed by atoms with Crippen LogP contribution in [0.2, 0.25) is 0 Å². The first-order chi connectivity index (χ1) is 20.3. The third kappa shape index (κ3) is 19.6. The largest absolute Gasteiger partial charge is 0.479 e. The summed E-state index contributed by atoms with van der Waals surface area (Å²) in [6.07, 6.45) is 3.01. The second kappa shape index (κ2) is 19.9. The van der Waals surface area contributed by atoms with E-state index in [1.807, 2.05) is 41.5 Å². The minimum atomic E-state index is -0.930. The van der Waals surface area contributed by atoms with Gasteiger partial charge in [0.25, 0.3) is 0 Å². The lowest BCUT2D eigenvalue weighted by Crippen LogP contribution is -2.41. The fourth-order valence-electron chi connectivity index (χ4n) is 4.59. The molecule has 3 heterocycles. The van der Waals surface area contributed by atoms with E-state index in [2.05, 4.69) is 0 Å². The molecule has 0 bridgehead atoms. The average Bonchev–Trinajstić information content (AvgIpc) is 2.88. The van der Waals surface area contributed by atoms with E-state index >= 15 is 0 Å². The maximum atomic E-state index is 11.6. The van der Waals surface area contributed by atoms with Crippen LogP contribution in [0.4, 0.5) is 0 Å². The number of carbonyl (C=O) groups is 5. The minimum absolute atomic E-state index is 0. The molecule has 262 valence electrons. The van der Waals surface area contributed by atoms with Crippen LogP contribution in [-0.4, -0.2) is 90.2 Å². The molecular weight excluding hydrogens is 614 g/mol. The molecule has 45 heavy (non-hydrogen) atoms. The third-order valence-electron chi connectivity index (χ3n) is 6.71. The number of ether oxygens (including phenoxy) is 5. The lowest BCUT2D eigenvalue weighted by Gasteiger charge is -2.27. The summed E-state index contributed by atoms with van der Waals surface area (Å²) in [5.74, 6) is -2.02. The molecule has 0 aliphatic carbocycles. The number of carboxylic acids is 1. The molecule has 14 nitrogen and oxygen atoms in total. The molecule has 0 aromatic rings. The van der Waals surface area contributed by atoms with Gasteiger partial charge in [-0.2, -0.15) is 0 Å². The highest BCUT2D eigenvalue weighted by Crippen LogP contribution is 2.24. The second-order valence-electron chi connectivity index (χ2n) is 13.4. The van der Waals surface area contributed by atoms with Crippen LogP contribution in [0, 0.1) is 11.8 Å². The van der Waals surface area contributed by atoms with Crippen molar-refractivity contribution in [3.8, 4) is 0 Å². The van der Waals surface area contributed by atoms with Gasteiger partial charge in [-0.25, -0.2) is 4.79 Å². The molecule has 3 rings (SSSR count). The first kappa shape index (κ1) is 42.5. The number of aliphatic carboxylic acids is 1. The average molecular weight is 668 g/mol. The van der Waals surface area contributed by atoms with Gasteiger partial charge in [0.05, 0.1) is 32.7 Å². The van der Waals surface area contributed by atoms with Crippen LogP contribution >= 0.6 is 12.4 Å². The van der Waals surface area contributed by atoms with Crippen LogP contribution in [0.25, 0.3) is 0 Å². The zero-order valence-electron chi connectivity index (χ0n) is 27.4. The number of hydrogen-bond donors (Lipinski definition) is 4. The van der Waals surface area contributed by atoms with Crippen molar-refractivity contribution in [3.63, 3.8) is 0 Å². The number of carboxylic acid groups (broad SMARTS) is 1. The van der Waals surface area contributed by atoms with Gasteiger partial charge in [0.1, 0.15) is 23.4 Å². The summed E-state index contributed by atoms with van der Waals surface area (Å²) >= 11 is 0. The number of esters is 2. The van der Waals surface area contributed by atoms with Crippen molar-refractivity contribution in [2.45, 2.75) is 128 Å². The van der Waals surface area contributed by atoms with E-state index in [-0.39, 0.29) is 48.1 Å². The Kier molecular flexibility index (Phi) is 18.8. The predicted molar refractivity (Wildman–Crippen MR) is 166 cm³/mol. The molecule has 0 aromatic carbocycles. The molecular formula is C30H54ClN3O11. The molecule has 3 aliphatic heterocycles. The lowest BCUT2D eigenvalue weighted by atomic mass is 9.95. The van der Waals surface area contributed by atoms with E-state index in [0.717, 1.165) is 12.8 Å². The summed E-state index contributed by atoms with van der Waals surface area (Å²) in [7, 11) is 0. The van der Waals surface area contributed by atoms with E-state index in [9.17, 15) is 24.0 Å². The molecule has 2 amide bonds. The fraction of sp³-hybridized carbons (Fsp3) is 0.833. The molecule has 15 heteroatoms. The van der Waals surface area contributed by atoms with Crippen LogP contribution in [0.1, 0.15) is 92.9 Å². The smallest absolute Gasteiger partial charge is 0.332 e. The van der Waals surface area contributed by atoms with Crippen LogP contribution in [0.15, 0.2) is 0 Å². The highest BCUT2D eigenvalue weighted by Gasteiger charge is 2.30. The Bertz CT molecular complexity index is 884. The fourth-order valence-corrected chi connectivity index (χ4v) is 4.59. The van der Waals surface area contributed by atoms with Gasteiger partial charge in [0.2, 0.25) is 11.8 Å². The third-order valence-corrected chi connectivity index (χ3v) is 6.71. The standard InChI is InChI=1S/C12H21NO4.C12H20O5.C6H12N2O2.ClH/c1-12(2,3)17-10(14)6-8-4-5-9(11(13)15)16-7-8;1-12(2,3)17-10(13)6-8-4-5-9(11(14)15)16-7-8;7-4-1-2-5(6(8)9)10-3-4;/h8-9H,4-7H2,1-3H3,(H2,13,15);8-9H,4-7H2,1-3H3,(H,14,15);4-5H,1-3,7H2,(H2,8,9);1H/t2*8-,9-;4-,5+;/m001./s1. The minimum Gasteiger partial charge on any atom is -0.479 e. The van der Waals surface area contributed by atoms with Gasteiger partial charge in [-0.15, -0.1) is 12.4 Å². The molecule has 6 atom stereocenters. The first-order valence-corrected chi connectivity index (χ1v) is 15.1. The Morgan fingerprint density at radius 2 is 1.00 bits per heavy atom. The lowest BCUT2D eigenvalue weighted by molar-refractivity contribution is -0.161. The van der Waals surface area contributed by atoms with Gasteiger partial charge in [-0.3, -0.25) is 19.2 Å². The Morgan fingerprint density at radius 3 is 1.27 bits per heavy atom. The van der Waals surface area contributed by atoms with Crippen LogP contribution in [0.5, 0.6) is 0 Å². The van der Waals surface area contributed by atoms with Crippen molar-refractivity contribution in [3.05, 3.63) is 0 Å². The number of halogens is 1. The molecule has 3 fully saturated rings. The monoisotopic (exact) mass is 667 g/mol. The number of carbonyl (C=O) groups excluding carboxylic acids is 4. The Morgan fingerprint density at radius 1 is 0.644 bits per heavy atom. The molecule has 0 unspecified atom stereocenters. The SMILES string of the molecule is CC(C)(C)OC(=O)C[C@@H]1CC[C@@H](C(=O)O)OC1.CC(C)(C)OC(=O)C[C@@H]1CC[C@@H](C(N)=O)OC1.Cl.NC(=O)[C@@H]1CC[C@@H](N)CO1. The zero-order chi connectivity index (χ0) is 33.7. The molecule has 0 saturated carbocycles. The summed E-state index contributed by atoms with van der Waals surface area (Å²) in [5.41, 5.74) is 14.7. The van der Waals surface area contributed by atoms with Crippen molar-refractivity contribution in [1.82, 2.24) is 0 Å². The number of nitrogens with two attached hydrogens (primary N) is 3. The second-order valence-corrected chi connectivity index (χ2v) is 13.4. The Balaban J connectivity index is 0.000000660. The van der Waals surface area contributed by atoms with E-state index in [1.165, 1.54) is 0 Å². The number of rotatable bonds is 7. The molecule has 3 aliphatic rings. The molecule has 0 aromatic heterocycles. The number of primary amides is 2. The summed E-state index contributed by atoms with van der Waals surface area (Å²) in [4.78, 5) is 55.2. The topological polar surface area (TPSA) is 230 Å². The summed E-state index contributed by atoms with van der Waals surface area (Å²) in [6.45, 7) is 12.1. The highest BCUT2D eigenvalue weighted by molar-refractivity contribution is 5.85. The quantitative estimate of drug-likeness (QED) is 0.286. The normalized spacial score (nSPS) is 26.6. The van der Waals surface area contributed by atoms with Gasteiger partial charge in [-0.05, 0) is 91.9 Å². The van der Waals surface area contributed by atoms with E-state index in [4.69, 9.17) is 46.0 Å². The molecule has 0 spiro atoms. The van der Waals surface area contributed by atoms with Gasteiger partial charge in [0.15, 0.2) is 6.10 Å². The molecule has 0 radical (unpaired) electrons. The van der Waals surface area contributed by atoms with Crippen molar-refractivity contribution in [2.24, 2.45) is 29.0 Å². The predicted octanol–water partition coefficient (Wildman–Crippen LogP) is 2.00. The Hall–Kier alpha value is -2.52. The molecule has 3 saturated heterocycles. The number of amides is 2. The van der Waals surface area contributed by atoms with Crippen LogP contribution in [0.3, 0.4) is 0 Å². The summed E-state index contributed by atoms with van der Waals surface area (Å²) in [5, 5.41) is 8.74. The summed E-state index contributed by atoms with van der Waals surface area (Å²) in [6, 6.07) is 0.0793. The van der Waals surface area contributed by atoms with Gasteiger partial charge in [-0.1, -0.05) is 0 Å². The highest BCUT2D eigenvalue weighted by atomic mass is 35.5. The van der Waals surface area contributed by atoms with Gasteiger partial charge >= 0.3 is 17.9 Å². The van der Waals surface area contributed by atoms with Crippen molar-refractivity contribution in [2.75, 3.05) is 19.8 Å². The Labute approximate surface area is 272 Å². The first-order valence-electron chi connectivity index (χ1n) is 15.1. The van der Waals surface area contributed by atoms with E-state index in [0.29, 0.717) is 58.3 Å². The van der Waals surface area contributed by atoms with Gasteiger partial charge < -0.3 is 46.0 Å². The van der Waals surface area contributed by atoms with Crippen LogP contribution in [-0.2, 0) is 47.7 Å². The maximum Gasteiger partial charge on any atom is 0.332 e. The van der Waals surface area contributed by atoms with E-state index in [1.54, 1.807) is 0 Å². The van der Waals surface area contributed by atoms with Crippen molar-refractivity contribution < 1.29 is 52.8 Å². The van der Waals surface area contributed by atoms with Crippen molar-refractivity contribution in [1.29, 1.82) is 0 Å². The molecule has 7 N–H and O–H groups in total. The van der Waals surface area contributed by atoms with Crippen molar-refractivity contribution >= 4 is 42.1 Å². The van der Waals surface area contributed by atoms with E-state index < -0.39 is 41.4 Å².